The highest BCUT2D eigenvalue weighted by Gasteiger charge is 2.71. The van der Waals surface area contributed by atoms with E-state index in [2.05, 4.69) is 0 Å². The van der Waals surface area contributed by atoms with Crippen LogP contribution in [0.5, 0.6) is 0 Å². The summed E-state index contributed by atoms with van der Waals surface area (Å²) in [6, 6.07) is 0. The van der Waals surface area contributed by atoms with Crippen molar-refractivity contribution >= 4 is 15.9 Å². The first-order valence-electron chi connectivity index (χ1n) is 6.72. The van der Waals surface area contributed by atoms with Crippen LogP contribution in [0.4, 0.5) is 0 Å². The molecule has 19 heavy (non-hydrogen) atoms. The molecule has 2 rings (SSSR count). The predicted molar refractivity (Wildman–Crippen MR) is 70.0 cm³/mol. The molecule has 2 fully saturated rings. The Kier molecular flexibility index (Phi) is 3.56. The van der Waals surface area contributed by atoms with Gasteiger partial charge in [0.05, 0.1) is 6.61 Å². The maximum Gasteiger partial charge on any atom is 0.280 e. The highest BCUT2D eigenvalue weighted by molar-refractivity contribution is 7.89. The lowest BCUT2D eigenvalue weighted by atomic mass is 9.81. The van der Waals surface area contributed by atoms with Crippen LogP contribution in [-0.2, 0) is 19.1 Å². The summed E-state index contributed by atoms with van der Waals surface area (Å²) >= 11 is 0. The Bertz CT molecular complexity index is 481. The molecule has 3 atom stereocenters. The quantitative estimate of drug-likeness (QED) is 0.767. The van der Waals surface area contributed by atoms with E-state index in [0.717, 1.165) is 6.42 Å². The van der Waals surface area contributed by atoms with Crippen LogP contribution in [0, 0.1) is 17.3 Å². The van der Waals surface area contributed by atoms with Crippen LogP contribution in [0.2, 0.25) is 0 Å². The van der Waals surface area contributed by atoms with E-state index in [1.165, 1.54) is 0 Å². The SMILES string of the molecule is C[C@@H](CO)COS(=O)(=O)C12CCC(CC1=O)C2(C)C. The van der Waals surface area contributed by atoms with Gasteiger partial charge >= 0.3 is 0 Å². The van der Waals surface area contributed by atoms with Crippen molar-refractivity contribution in [1.29, 1.82) is 0 Å². The number of fused-ring (bicyclic) bond motifs is 2. The van der Waals surface area contributed by atoms with Crippen molar-refractivity contribution in [2.45, 2.75) is 44.8 Å². The van der Waals surface area contributed by atoms with E-state index in [1.807, 2.05) is 13.8 Å². The first kappa shape index (κ1) is 14.9. The van der Waals surface area contributed by atoms with E-state index in [0.29, 0.717) is 12.8 Å². The fraction of sp³-hybridized carbons (Fsp3) is 0.923. The van der Waals surface area contributed by atoms with E-state index in [1.54, 1.807) is 6.92 Å². The first-order chi connectivity index (χ1) is 8.69. The summed E-state index contributed by atoms with van der Waals surface area (Å²) in [5, 5.41) is 8.94. The highest BCUT2D eigenvalue weighted by atomic mass is 32.2. The molecule has 0 heterocycles. The van der Waals surface area contributed by atoms with Crippen molar-refractivity contribution < 1.29 is 22.5 Å². The summed E-state index contributed by atoms with van der Waals surface area (Å²) in [4.78, 5) is 12.2. The molecule has 0 saturated heterocycles. The molecule has 2 bridgehead atoms. The molecule has 5 nitrogen and oxygen atoms in total. The molecule has 0 aromatic heterocycles. The van der Waals surface area contributed by atoms with Gasteiger partial charge in [0.2, 0.25) is 0 Å². The summed E-state index contributed by atoms with van der Waals surface area (Å²) in [6.07, 6.45) is 1.46. The van der Waals surface area contributed by atoms with Gasteiger partial charge in [0.1, 0.15) is 0 Å². The summed E-state index contributed by atoms with van der Waals surface area (Å²) in [6.45, 7) is 5.20. The second-order valence-electron chi connectivity index (χ2n) is 6.44. The summed E-state index contributed by atoms with van der Waals surface area (Å²) in [5.41, 5.74) is -0.564. The van der Waals surface area contributed by atoms with Crippen LogP contribution in [0.15, 0.2) is 0 Å². The predicted octanol–water partition coefficient (Wildman–Crippen LogP) is 1.11. The molecule has 0 spiro atoms. The van der Waals surface area contributed by atoms with Gasteiger partial charge in [-0.1, -0.05) is 20.8 Å². The van der Waals surface area contributed by atoms with E-state index in [-0.39, 0.29) is 30.8 Å². The monoisotopic (exact) mass is 290 g/mol. The Balaban J connectivity index is 2.31. The average molecular weight is 290 g/mol. The molecule has 6 heteroatoms. The normalized spacial score (nSPS) is 34.7. The van der Waals surface area contributed by atoms with Crippen LogP contribution in [-0.4, -0.2) is 37.3 Å². The average Bonchev–Trinajstić information content (AvgIpc) is 2.70. The van der Waals surface area contributed by atoms with Gasteiger partial charge in [-0.3, -0.25) is 8.98 Å². The summed E-state index contributed by atoms with van der Waals surface area (Å²) in [7, 11) is -3.95. The third-order valence-corrected chi connectivity index (χ3v) is 7.29. The maximum atomic E-state index is 12.5. The molecule has 1 N–H and O–H groups in total. The molecule has 0 radical (unpaired) electrons. The number of hydrogen-bond donors (Lipinski definition) is 1. The van der Waals surface area contributed by atoms with Gasteiger partial charge < -0.3 is 5.11 Å². The highest BCUT2D eigenvalue weighted by Crippen LogP contribution is 2.62. The van der Waals surface area contributed by atoms with Gasteiger partial charge in [-0.2, -0.15) is 8.42 Å². The second-order valence-corrected chi connectivity index (χ2v) is 8.28. The van der Waals surface area contributed by atoms with Crippen LogP contribution in [0.3, 0.4) is 0 Å². The zero-order chi connectivity index (χ0) is 14.5. The number of aliphatic hydroxyl groups is 1. The maximum absolute atomic E-state index is 12.5. The van der Waals surface area contributed by atoms with Crippen molar-refractivity contribution in [2.24, 2.45) is 17.3 Å². The Morgan fingerprint density at radius 2 is 2.11 bits per heavy atom. The minimum Gasteiger partial charge on any atom is -0.396 e. The number of Topliss-reactive ketones (excluding diaryl/α,β-unsaturated/α-hetero) is 1. The van der Waals surface area contributed by atoms with Crippen molar-refractivity contribution in [3.63, 3.8) is 0 Å². The Morgan fingerprint density at radius 3 is 2.53 bits per heavy atom. The van der Waals surface area contributed by atoms with Gasteiger partial charge in [-0.25, -0.2) is 0 Å². The molecule has 2 aliphatic rings. The van der Waals surface area contributed by atoms with Crippen LogP contribution < -0.4 is 0 Å². The number of carbonyl (C=O) groups excluding carboxylic acids is 1. The molecular formula is C13H22O5S. The van der Waals surface area contributed by atoms with Crippen LogP contribution >= 0.6 is 0 Å². The van der Waals surface area contributed by atoms with Crippen molar-refractivity contribution in [3.8, 4) is 0 Å². The number of rotatable bonds is 5. The fourth-order valence-corrected chi connectivity index (χ4v) is 5.73. The van der Waals surface area contributed by atoms with Gasteiger partial charge in [0.25, 0.3) is 10.1 Å². The van der Waals surface area contributed by atoms with Crippen LogP contribution in [0.25, 0.3) is 0 Å². The van der Waals surface area contributed by atoms with Crippen LogP contribution in [0.1, 0.15) is 40.0 Å². The molecule has 0 amide bonds. The Morgan fingerprint density at radius 1 is 1.47 bits per heavy atom. The Labute approximate surface area is 114 Å². The first-order valence-corrected chi connectivity index (χ1v) is 8.13. The lowest BCUT2D eigenvalue weighted by Crippen LogP contribution is -2.51. The smallest absolute Gasteiger partial charge is 0.280 e. The molecule has 2 saturated carbocycles. The molecule has 2 unspecified atom stereocenters. The number of carbonyl (C=O) groups is 1. The number of hydrogen-bond acceptors (Lipinski definition) is 5. The molecule has 110 valence electrons. The lowest BCUT2D eigenvalue weighted by molar-refractivity contribution is -0.121. The number of aliphatic hydroxyl groups excluding tert-OH is 1. The molecule has 0 aromatic carbocycles. The molecule has 2 aliphatic carbocycles. The van der Waals surface area contributed by atoms with Gasteiger partial charge in [0, 0.05) is 18.9 Å². The zero-order valence-electron chi connectivity index (χ0n) is 11.7. The van der Waals surface area contributed by atoms with E-state index < -0.39 is 20.3 Å². The minimum atomic E-state index is -3.95. The van der Waals surface area contributed by atoms with E-state index in [4.69, 9.17) is 9.29 Å². The summed E-state index contributed by atoms with van der Waals surface area (Å²) in [5.74, 6) is -0.331. The van der Waals surface area contributed by atoms with E-state index >= 15 is 0 Å². The third kappa shape index (κ3) is 1.87. The van der Waals surface area contributed by atoms with Gasteiger partial charge in [-0.15, -0.1) is 0 Å². The van der Waals surface area contributed by atoms with Crippen molar-refractivity contribution in [1.82, 2.24) is 0 Å². The minimum absolute atomic E-state index is 0.0748. The van der Waals surface area contributed by atoms with Crippen molar-refractivity contribution in [3.05, 3.63) is 0 Å². The van der Waals surface area contributed by atoms with Crippen molar-refractivity contribution in [2.75, 3.05) is 13.2 Å². The lowest BCUT2D eigenvalue weighted by Gasteiger charge is -2.35. The largest absolute Gasteiger partial charge is 0.396 e. The molecular weight excluding hydrogens is 268 g/mol. The number of ketones is 1. The second kappa shape index (κ2) is 4.53. The van der Waals surface area contributed by atoms with Gasteiger partial charge in [0.15, 0.2) is 10.5 Å². The molecule has 0 aliphatic heterocycles. The molecule has 0 aromatic rings. The Hall–Kier alpha value is -0.460. The van der Waals surface area contributed by atoms with Gasteiger partial charge in [-0.05, 0) is 24.2 Å². The zero-order valence-corrected chi connectivity index (χ0v) is 12.5. The summed E-state index contributed by atoms with van der Waals surface area (Å²) < 4.78 is 28.8. The third-order valence-electron chi connectivity index (χ3n) is 5.03. The van der Waals surface area contributed by atoms with E-state index in [9.17, 15) is 13.2 Å². The fourth-order valence-electron chi connectivity index (χ4n) is 3.58. The topological polar surface area (TPSA) is 80.7 Å². The standard InChI is InChI=1S/C13H22O5S/c1-9(7-14)8-18-19(16,17)13-5-4-10(6-11(13)15)12(13,2)3/h9-10,14H,4-8H2,1-3H3/t9-,10?,13?/m0/s1.